The van der Waals surface area contributed by atoms with Crippen molar-refractivity contribution >= 4 is 29.0 Å². The molecule has 2 amide bonds. The second kappa shape index (κ2) is 8.37. The number of hydrogen-bond acceptors (Lipinski definition) is 5. The number of carbonyl (C=O) groups is 3. The minimum absolute atomic E-state index is 0.135. The Morgan fingerprint density at radius 3 is 2.45 bits per heavy atom. The van der Waals surface area contributed by atoms with Crippen molar-refractivity contribution in [2.24, 2.45) is 0 Å². The fourth-order valence-corrected chi connectivity index (χ4v) is 3.93. The third-order valence-corrected chi connectivity index (χ3v) is 5.69. The first-order valence-electron chi connectivity index (χ1n) is 10.3. The van der Waals surface area contributed by atoms with E-state index >= 15 is 0 Å². The lowest BCUT2D eigenvalue weighted by atomic mass is 10.1. The molecule has 0 saturated carbocycles. The van der Waals surface area contributed by atoms with E-state index in [1.807, 2.05) is 4.90 Å². The van der Waals surface area contributed by atoms with Crippen molar-refractivity contribution in [3.8, 4) is 5.75 Å². The molecule has 162 valence electrons. The summed E-state index contributed by atoms with van der Waals surface area (Å²) in [5.74, 6) is -0.479. The zero-order chi connectivity index (χ0) is 22.1. The Kier molecular flexibility index (Phi) is 5.63. The molecule has 2 aliphatic rings. The number of halogens is 1. The van der Waals surface area contributed by atoms with Crippen LogP contribution in [0.2, 0.25) is 0 Å². The highest BCUT2D eigenvalue weighted by atomic mass is 19.1. The summed E-state index contributed by atoms with van der Waals surface area (Å²) in [4.78, 5) is 42.5. The number of piperazine rings is 1. The molecule has 0 N–H and O–H groups in total. The Morgan fingerprint density at radius 1 is 1.06 bits per heavy atom. The van der Waals surface area contributed by atoms with E-state index in [0.29, 0.717) is 48.9 Å². The van der Waals surface area contributed by atoms with E-state index in [1.165, 1.54) is 17.9 Å². The number of hydrogen-bond donors (Lipinski definition) is 0. The highest BCUT2D eigenvalue weighted by Crippen LogP contribution is 2.35. The van der Waals surface area contributed by atoms with Gasteiger partial charge in [-0.2, -0.15) is 0 Å². The number of fused-ring (bicyclic) bond motifs is 1. The van der Waals surface area contributed by atoms with Crippen molar-refractivity contribution in [3.63, 3.8) is 0 Å². The molecule has 7 nitrogen and oxygen atoms in total. The summed E-state index contributed by atoms with van der Waals surface area (Å²) in [5, 5.41) is 0. The normalized spacial score (nSPS) is 18.5. The van der Waals surface area contributed by atoms with Gasteiger partial charge in [-0.25, -0.2) is 4.39 Å². The van der Waals surface area contributed by atoms with Crippen LogP contribution in [0.5, 0.6) is 5.75 Å². The van der Waals surface area contributed by atoms with Crippen LogP contribution < -0.4 is 14.5 Å². The summed E-state index contributed by atoms with van der Waals surface area (Å²) >= 11 is 0. The van der Waals surface area contributed by atoms with Crippen molar-refractivity contribution in [1.29, 1.82) is 0 Å². The van der Waals surface area contributed by atoms with Crippen molar-refractivity contribution in [2.45, 2.75) is 20.0 Å². The van der Waals surface area contributed by atoms with Gasteiger partial charge in [0, 0.05) is 31.7 Å². The molecule has 0 aromatic heterocycles. The first-order chi connectivity index (χ1) is 14.8. The maximum atomic E-state index is 14.0. The van der Waals surface area contributed by atoms with Gasteiger partial charge in [0.1, 0.15) is 18.1 Å². The lowest BCUT2D eigenvalue weighted by Crippen LogP contribution is -2.54. The van der Waals surface area contributed by atoms with Crippen LogP contribution in [0.25, 0.3) is 0 Å². The van der Waals surface area contributed by atoms with Crippen LogP contribution in [0.15, 0.2) is 42.5 Å². The first-order valence-corrected chi connectivity index (χ1v) is 10.3. The average molecular weight is 425 g/mol. The number of ketones is 1. The number of benzene rings is 2. The van der Waals surface area contributed by atoms with Gasteiger partial charge in [-0.1, -0.05) is 12.1 Å². The summed E-state index contributed by atoms with van der Waals surface area (Å²) in [6, 6.07) is 11.5. The fourth-order valence-electron chi connectivity index (χ4n) is 3.93. The van der Waals surface area contributed by atoms with Gasteiger partial charge in [0.05, 0.1) is 11.4 Å². The van der Waals surface area contributed by atoms with Crippen LogP contribution in [-0.2, 0) is 9.59 Å². The molecule has 4 rings (SSSR count). The van der Waals surface area contributed by atoms with E-state index in [9.17, 15) is 18.8 Å². The van der Waals surface area contributed by atoms with Gasteiger partial charge in [-0.15, -0.1) is 0 Å². The summed E-state index contributed by atoms with van der Waals surface area (Å²) in [6.07, 6.45) is -0.721. The molecule has 1 saturated heterocycles. The lowest BCUT2D eigenvalue weighted by molar-refractivity contribution is -0.133. The molecule has 2 heterocycles. The van der Waals surface area contributed by atoms with E-state index in [2.05, 4.69) is 0 Å². The lowest BCUT2D eigenvalue weighted by Gasteiger charge is -2.38. The van der Waals surface area contributed by atoms with Crippen molar-refractivity contribution in [3.05, 3.63) is 53.8 Å². The van der Waals surface area contributed by atoms with Crippen LogP contribution >= 0.6 is 0 Å². The molecule has 0 spiro atoms. The molecular formula is C23H24FN3O4. The monoisotopic (exact) mass is 425 g/mol. The molecule has 2 aliphatic heterocycles. The maximum absolute atomic E-state index is 14.0. The maximum Gasteiger partial charge on any atom is 0.268 e. The molecule has 0 aliphatic carbocycles. The molecule has 2 aromatic carbocycles. The van der Waals surface area contributed by atoms with E-state index < -0.39 is 6.10 Å². The van der Waals surface area contributed by atoms with Crippen LogP contribution in [0.4, 0.5) is 15.8 Å². The molecule has 1 atom stereocenters. The minimum atomic E-state index is -0.721. The van der Waals surface area contributed by atoms with Gasteiger partial charge >= 0.3 is 0 Å². The minimum Gasteiger partial charge on any atom is -0.479 e. The number of Topliss-reactive ketones (excluding diaryl/α,β-unsaturated/α-hetero) is 1. The van der Waals surface area contributed by atoms with E-state index in [0.717, 1.165) is 0 Å². The largest absolute Gasteiger partial charge is 0.479 e. The van der Waals surface area contributed by atoms with Crippen LogP contribution in [-0.4, -0.2) is 61.3 Å². The Balaban J connectivity index is 1.47. The van der Waals surface area contributed by atoms with Gasteiger partial charge in [-0.05, 0) is 44.2 Å². The number of rotatable bonds is 4. The highest BCUT2D eigenvalue weighted by molar-refractivity contribution is 6.05. The van der Waals surface area contributed by atoms with E-state index in [1.54, 1.807) is 48.2 Å². The SMILES string of the molecule is CC(=O)c1ccc2c(c1)N(CC(=O)N1CCN(c3ccccc3F)CC1)C(=O)C(C)O2. The zero-order valence-corrected chi connectivity index (χ0v) is 17.5. The van der Waals surface area contributed by atoms with Crippen molar-refractivity contribution in [2.75, 3.05) is 42.5 Å². The first kappa shape index (κ1) is 20.8. The molecular weight excluding hydrogens is 401 g/mol. The Labute approximate surface area is 180 Å². The predicted molar refractivity (Wildman–Crippen MR) is 114 cm³/mol. The predicted octanol–water partition coefficient (Wildman–Crippen LogP) is 2.49. The van der Waals surface area contributed by atoms with Gasteiger partial charge in [0.15, 0.2) is 11.9 Å². The standard InChI is InChI=1S/C23H24FN3O4/c1-15(28)17-7-8-21-20(13-17)27(23(30)16(2)31-21)14-22(29)26-11-9-25(10-12-26)19-6-4-3-5-18(19)24/h3-8,13,16H,9-12,14H2,1-2H3. The van der Waals surface area contributed by atoms with Crippen LogP contribution in [0.1, 0.15) is 24.2 Å². The van der Waals surface area contributed by atoms with Gasteiger partial charge in [-0.3, -0.25) is 19.3 Å². The molecule has 31 heavy (non-hydrogen) atoms. The highest BCUT2D eigenvalue weighted by Gasteiger charge is 2.34. The quantitative estimate of drug-likeness (QED) is 0.704. The number of anilines is 2. The molecule has 8 heteroatoms. The number of nitrogens with zero attached hydrogens (tertiary/aromatic N) is 3. The van der Waals surface area contributed by atoms with Crippen LogP contribution in [0.3, 0.4) is 0 Å². The molecule has 0 radical (unpaired) electrons. The summed E-state index contributed by atoms with van der Waals surface area (Å²) in [7, 11) is 0. The zero-order valence-electron chi connectivity index (χ0n) is 17.5. The molecule has 1 fully saturated rings. The number of carbonyl (C=O) groups excluding carboxylic acids is 3. The molecule has 1 unspecified atom stereocenters. The Bertz CT molecular complexity index is 1030. The van der Waals surface area contributed by atoms with Crippen molar-refractivity contribution < 1.29 is 23.5 Å². The van der Waals surface area contributed by atoms with Crippen molar-refractivity contribution in [1.82, 2.24) is 4.90 Å². The second-order valence-electron chi connectivity index (χ2n) is 7.74. The number of amides is 2. The second-order valence-corrected chi connectivity index (χ2v) is 7.74. The van der Waals surface area contributed by atoms with E-state index in [4.69, 9.17) is 4.74 Å². The Morgan fingerprint density at radius 2 is 1.77 bits per heavy atom. The van der Waals surface area contributed by atoms with Gasteiger partial charge in [0.2, 0.25) is 5.91 Å². The summed E-state index contributed by atoms with van der Waals surface area (Å²) in [6.45, 7) is 4.81. The fraction of sp³-hybridized carbons (Fsp3) is 0.348. The number of ether oxygens (including phenoxy) is 1. The smallest absolute Gasteiger partial charge is 0.268 e. The topological polar surface area (TPSA) is 70.2 Å². The van der Waals surface area contributed by atoms with E-state index in [-0.39, 0.29) is 30.0 Å². The van der Waals surface area contributed by atoms with Gasteiger partial charge < -0.3 is 14.5 Å². The van der Waals surface area contributed by atoms with Gasteiger partial charge in [0.25, 0.3) is 5.91 Å². The third-order valence-electron chi connectivity index (χ3n) is 5.69. The molecule has 0 bridgehead atoms. The molecule has 2 aromatic rings. The summed E-state index contributed by atoms with van der Waals surface area (Å²) < 4.78 is 19.7. The number of para-hydroxylation sites is 1. The average Bonchev–Trinajstić information content (AvgIpc) is 2.77. The third kappa shape index (κ3) is 4.10. The summed E-state index contributed by atoms with van der Waals surface area (Å²) in [5.41, 5.74) is 1.40. The Hall–Kier alpha value is -3.42. The van der Waals surface area contributed by atoms with Crippen LogP contribution in [0, 0.1) is 5.82 Å².